The summed E-state index contributed by atoms with van der Waals surface area (Å²) in [5, 5.41) is 5.25. The van der Waals surface area contributed by atoms with Crippen LogP contribution in [0.5, 0.6) is 0 Å². The summed E-state index contributed by atoms with van der Waals surface area (Å²) >= 11 is 0. The van der Waals surface area contributed by atoms with E-state index in [9.17, 15) is 9.59 Å². The molecule has 5 heteroatoms. The molecule has 0 aromatic carbocycles. The Labute approximate surface area is 88.2 Å². The summed E-state index contributed by atoms with van der Waals surface area (Å²) in [7, 11) is 2.07. The zero-order valence-electron chi connectivity index (χ0n) is 8.80. The number of hydrogen-bond acceptors (Lipinski definition) is 3. The molecule has 3 rings (SSSR count). The van der Waals surface area contributed by atoms with Crippen LogP contribution in [-0.2, 0) is 4.79 Å². The molecule has 0 bridgehead atoms. The minimum absolute atomic E-state index is 0.0102. The zero-order chi connectivity index (χ0) is 10.7. The van der Waals surface area contributed by atoms with Gasteiger partial charge in [-0.3, -0.25) is 10.1 Å². The number of carbonyl (C=O) groups excluding carboxylic acids is 2. The number of hydrogen-bond donors (Lipinski definition) is 2. The molecule has 1 aliphatic carbocycles. The molecule has 1 atom stereocenters. The smallest absolute Gasteiger partial charge is 0.322 e. The number of carbonyl (C=O) groups is 2. The van der Waals surface area contributed by atoms with Gasteiger partial charge in [0.15, 0.2) is 0 Å². The van der Waals surface area contributed by atoms with E-state index in [4.69, 9.17) is 0 Å². The van der Waals surface area contributed by atoms with Gasteiger partial charge in [-0.2, -0.15) is 0 Å². The van der Waals surface area contributed by atoms with Gasteiger partial charge in [-0.1, -0.05) is 0 Å². The van der Waals surface area contributed by atoms with Crippen LogP contribution >= 0.6 is 0 Å². The van der Waals surface area contributed by atoms with Crippen molar-refractivity contribution in [2.24, 2.45) is 5.41 Å². The van der Waals surface area contributed by atoms with E-state index in [0.717, 1.165) is 32.4 Å². The van der Waals surface area contributed by atoms with E-state index in [1.165, 1.54) is 0 Å². The molecule has 3 fully saturated rings. The normalized spacial score (nSPS) is 38.2. The molecule has 3 amide bonds. The maximum Gasteiger partial charge on any atom is 0.322 e. The molecule has 15 heavy (non-hydrogen) atoms. The van der Waals surface area contributed by atoms with E-state index in [-0.39, 0.29) is 17.4 Å². The molecule has 1 unspecified atom stereocenters. The van der Waals surface area contributed by atoms with E-state index < -0.39 is 5.54 Å². The van der Waals surface area contributed by atoms with Crippen LogP contribution in [0.25, 0.3) is 0 Å². The van der Waals surface area contributed by atoms with Gasteiger partial charge in [-0.25, -0.2) is 4.79 Å². The van der Waals surface area contributed by atoms with Gasteiger partial charge < -0.3 is 10.2 Å². The molecule has 2 aliphatic heterocycles. The molecular formula is C10H15N3O2. The predicted molar refractivity (Wildman–Crippen MR) is 53.2 cm³/mol. The third-order valence-electron chi connectivity index (χ3n) is 4.14. The van der Waals surface area contributed by atoms with Crippen molar-refractivity contribution in [2.45, 2.75) is 24.8 Å². The summed E-state index contributed by atoms with van der Waals surface area (Å²) in [6.07, 6.45) is 2.83. The molecule has 5 nitrogen and oxygen atoms in total. The number of rotatable bonds is 0. The van der Waals surface area contributed by atoms with Gasteiger partial charge in [0, 0.05) is 18.5 Å². The van der Waals surface area contributed by atoms with Crippen molar-refractivity contribution in [1.29, 1.82) is 0 Å². The lowest BCUT2D eigenvalue weighted by Crippen LogP contribution is -2.62. The number of imide groups is 1. The molecule has 1 saturated carbocycles. The van der Waals surface area contributed by atoms with Gasteiger partial charge in [0.1, 0.15) is 5.54 Å². The van der Waals surface area contributed by atoms with Crippen LogP contribution in [0.4, 0.5) is 4.79 Å². The molecule has 0 aromatic heterocycles. The average molecular weight is 209 g/mol. The quantitative estimate of drug-likeness (QED) is 0.537. The highest BCUT2D eigenvalue weighted by atomic mass is 16.2. The summed E-state index contributed by atoms with van der Waals surface area (Å²) < 4.78 is 0. The summed E-state index contributed by atoms with van der Waals surface area (Å²) in [4.78, 5) is 25.4. The molecule has 2 heterocycles. The molecular weight excluding hydrogens is 194 g/mol. The summed E-state index contributed by atoms with van der Waals surface area (Å²) in [5.74, 6) is -0.113. The first-order chi connectivity index (χ1) is 7.08. The van der Waals surface area contributed by atoms with Crippen molar-refractivity contribution in [3.8, 4) is 0 Å². The third kappa shape index (κ3) is 1.01. The zero-order valence-corrected chi connectivity index (χ0v) is 8.80. The van der Waals surface area contributed by atoms with E-state index in [2.05, 4.69) is 22.6 Å². The Morgan fingerprint density at radius 3 is 2.53 bits per heavy atom. The van der Waals surface area contributed by atoms with Gasteiger partial charge in [0.2, 0.25) is 0 Å². The first-order valence-corrected chi connectivity index (χ1v) is 5.40. The molecule has 0 aromatic rings. The molecule has 2 saturated heterocycles. The highest BCUT2D eigenvalue weighted by Crippen LogP contribution is 2.58. The number of piperidine rings is 1. The van der Waals surface area contributed by atoms with E-state index >= 15 is 0 Å². The van der Waals surface area contributed by atoms with Crippen LogP contribution in [-0.4, -0.2) is 42.5 Å². The van der Waals surface area contributed by atoms with Gasteiger partial charge >= 0.3 is 6.03 Å². The SMILES string of the molecule is CN1CCC2(NC(=O)NC2=O)C2(CC2)C1. The van der Waals surface area contributed by atoms with Crippen molar-refractivity contribution in [3.05, 3.63) is 0 Å². The minimum atomic E-state index is -0.601. The van der Waals surface area contributed by atoms with Gasteiger partial charge in [0.05, 0.1) is 0 Å². The Bertz CT molecular complexity index is 351. The van der Waals surface area contributed by atoms with Crippen LogP contribution in [0.15, 0.2) is 0 Å². The van der Waals surface area contributed by atoms with Crippen molar-refractivity contribution in [3.63, 3.8) is 0 Å². The van der Waals surface area contributed by atoms with Gasteiger partial charge in [-0.05, 0) is 26.3 Å². The number of fused-ring (bicyclic) bond motifs is 1. The number of likely N-dealkylation sites (tertiary alicyclic amines) is 1. The minimum Gasteiger partial charge on any atom is -0.323 e. The van der Waals surface area contributed by atoms with Crippen LogP contribution < -0.4 is 10.6 Å². The highest BCUT2D eigenvalue weighted by molar-refractivity contribution is 6.08. The Hall–Kier alpha value is -1.10. The van der Waals surface area contributed by atoms with Crippen LogP contribution in [0.1, 0.15) is 19.3 Å². The molecule has 82 valence electrons. The first kappa shape index (κ1) is 9.15. The fourth-order valence-corrected chi connectivity index (χ4v) is 3.13. The topological polar surface area (TPSA) is 61.4 Å². The second-order valence-electron chi connectivity index (χ2n) is 5.08. The molecule has 2 spiro atoms. The molecule has 0 radical (unpaired) electrons. The lowest BCUT2D eigenvalue weighted by atomic mass is 9.75. The maximum atomic E-state index is 11.9. The van der Waals surface area contributed by atoms with Crippen molar-refractivity contribution in [1.82, 2.24) is 15.5 Å². The molecule has 2 N–H and O–H groups in total. The third-order valence-corrected chi connectivity index (χ3v) is 4.14. The Morgan fingerprint density at radius 2 is 2.00 bits per heavy atom. The van der Waals surface area contributed by atoms with E-state index in [1.807, 2.05) is 0 Å². The second-order valence-corrected chi connectivity index (χ2v) is 5.08. The van der Waals surface area contributed by atoms with Gasteiger partial charge in [-0.15, -0.1) is 0 Å². The van der Waals surface area contributed by atoms with Crippen LogP contribution in [0.2, 0.25) is 0 Å². The number of nitrogens with one attached hydrogen (secondary N) is 2. The second kappa shape index (κ2) is 2.52. The highest BCUT2D eigenvalue weighted by Gasteiger charge is 2.67. The van der Waals surface area contributed by atoms with Crippen LogP contribution in [0.3, 0.4) is 0 Å². The lowest BCUT2D eigenvalue weighted by Gasteiger charge is -2.43. The van der Waals surface area contributed by atoms with E-state index in [0.29, 0.717) is 0 Å². The maximum absolute atomic E-state index is 11.9. The average Bonchev–Trinajstić information content (AvgIpc) is 2.85. The summed E-state index contributed by atoms with van der Waals surface area (Å²) in [6, 6.07) is -0.323. The van der Waals surface area contributed by atoms with Gasteiger partial charge in [0.25, 0.3) is 5.91 Å². The lowest BCUT2D eigenvalue weighted by molar-refractivity contribution is -0.128. The summed E-state index contributed by atoms with van der Waals surface area (Å²) in [6.45, 7) is 1.79. The first-order valence-electron chi connectivity index (χ1n) is 5.40. The summed E-state index contributed by atoms with van der Waals surface area (Å²) in [5.41, 5.74) is -0.590. The Kier molecular flexibility index (Phi) is 1.54. The monoisotopic (exact) mass is 209 g/mol. The molecule has 3 aliphatic rings. The van der Waals surface area contributed by atoms with Crippen molar-refractivity contribution >= 4 is 11.9 Å². The van der Waals surface area contributed by atoms with E-state index in [1.54, 1.807) is 0 Å². The Balaban J connectivity index is 1.97. The largest absolute Gasteiger partial charge is 0.323 e. The number of nitrogens with zero attached hydrogens (tertiary/aromatic N) is 1. The number of urea groups is 1. The number of amides is 3. The fourth-order valence-electron chi connectivity index (χ4n) is 3.13. The van der Waals surface area contributed by atoms with Crippen molar-refractivity contribution in [2.75, 3.05) is 20.1 Å². The Morgan fingerprint density at radius 1 is 1.27 bits per heavy atom. The predicted octanol–water partition coefficient (Wildman–Crippen LogP) is -0.320. The fraction of sp³-hybridized carbons (Fsp3) is 0.800. The van der Waals surface area contributed by atoms with Crippen LogP contribution in [0, 0.1) is 5.41 Å². The van der Waals surface area contributed by atoms with Crippen molar-refractivity contribution < 1.29 is 9.59 Å². The standard InChI is InChI=1S/C10H15N3O2/c1-13-5-4-10(9(6-13)2-3-9)7(14)11-8(15)12-10/h2-6H2,1H3,(H2,11,12,14,15).